The molecule has 1 rings (SSSR count). The van der Waals surface area contributed by atoms with Crippen LogP contribution >= 0.6 is 0 Å². The SMILES string of the molecule is [CH2-][NH2+]c1ccc(C)c(O)c1. The van der Waals surface area contributed by atoms with Crippen LogP contribution in [-0.4, -0.2) is 5.11 Å². The summed E-state index contributed by atoms with van der Waals surface area (Å²) in [6, 6.07) is 5.48. The molecule has 3 N–H and O–H groups in total. The number of aromatic hydroxyl groups is 1. The summed E-state index contributed by atoms with van der Waals surface area (Å²) in [5.41, 5.74) is 1.84. The molecule has 0 amide bonds. The summed E-state index contributed by atoms with van der Waals surface area (Å²) in [6.45, 7) is 1.86. The molecule has 0 aliphatic rings. The van der Waals surface area contributed by atoms with Crippen LogP contribution in [0.4, 0.5) is 5.69 Å². The number of benzene rings is 1. The van der Waals surface area contributed by atoms with Crippen molar-refractivity contribution in [1.29, 1.82) is 0 Å². The van der Waals surface area contributed by atoms with Gasteiger partial charge in [0.1, 0.15) is 11.4 Å². The Morgan fingerprint density at radius 2 is 2.20 bits per heavy atom. The average molecular weight is 137 g/mol. The fourth-order valence-electron chi connectivity index (χ4n) is 0.753. The Morgan fingerprint density at radius 3 is 2.70 bits per heavy atom. The highest BCUT2D eigenvalue weighted by atomic mass is 16.3. The van der Waals surface area contributed by atoms with Gasteiger partial charge < -0.3 is 10.4 Å². The van der Waals surface area contributed by atoms with Crippen LogP contribution in [0, 0.1) is 14.0 Å². The van der Waals surface area contributed by atoms with Gasteiger partial charge in [0.05, 0.1) is 0 Å². The number of rotatable bonds is 1. The van der Waals surface area contributed by atoms with Gasteiger partial charge in [-0.2, -0.15) is 0 Å². The van der Waals surface area contributed by atoms with E-state index in [1.165, 1.54) is 0 Å². The van der Waals surface area contributed by atoms with E-state index in [1.807, 2.05) is 19.1 Å². The van der Waals surface area contributed by atoms with Crippen molar-refractivity contribution in [2.24, 2.45) is 0 Å². The molecule has 10 heavy (non-hydrogen) atoms. The maximum Gasteiger partial charge on any atom is 0.124 e. The molecule has 0 aliphatic heterocycles. The van der Waals surface area contributed by atoms with Gasteiger partial charge >= 0.3 is 0 Å². The van der Waals surface area contributed by atoms with Gasteiger partial charge in [-0.25, -0.2) is 0 Å². The zero-order valence-corrected chi connectivity index (χ0v) is 5.96. The van der Waals surface area contributed by atoms with Gasteiger partial charge in [0.15, 0.2) is 0 Å². The Bertz CT molecular complexity index is 233. The highest BCUT2D eigenvalue weighted by molar-refractivity contribution is 5.41. The molecule has 0 aromatic heterocycles. The van der Waals surface area contributed by atoms with Crippen LogP contribution in [0.2, 0.25) is 0 Å². The lowest BCUT2D eigenvalue weighted by Crippen LogP contribution is -2.69. The molecular weight excluding hydrogens is 126 g/mol. The van der Waals surface area contributed by atoms with Crippen molar-refractivity contribution in [2.45, 2.75) is 6.92 Å². The first kappa shape index (κ1) is 7.09. The predicted octanol–water partition coefficient (Wildman–Crippen LogP) is 0.687. The van der Waals surface area contributed by atoms with Crippen LogP contribution in [0.1, 0.15) is 5.56 Å². The van der Waals surface area contributed by atoms with Crippen molar-refractivity contribution in [1.82, 2.24) is 0 Å². The van der Waals surface area contributed by atoms with Gasteiger partial charge in [0, 0.05) is 6.07 Å². The zero-order valence-electron chi connectivity index (χ0n) is 5.96. The number of phenolic OH excluding ortho intramolecular Hbond substituents is 1. The van der Waals surface area contributed by atoms with E-state index in [4.69, 9.17) is 0 Å². The third kappa shape index (κ3) is 1.28. The summed E-state index contributed by atoms with van der Waals surface area (Å²) < 4.78 is 0. The maximum atomic E-state index is 9.18. The predicted molar refractivity (Wildman–Crippen MR) is 39.8 cm³/mol. The fourth-order valence-corrected chi connectivity index (χ4v) is 0.753. The molecule has 1 aromatic rings. The van der Waals surface area contributed by atoms with Crippen LogP contribution in [-0.2, 0) is 0 Å². The molecule has 0 atom stereocenters. The smallest absolute Gasteiger partial charge is 0.124 e. The first-order chi connectivity index (χ1) is 4.74. The van der Waals surface area contributed by atoms with Crippen LogP contribution in [0.3, 0.4) is 0 Å². The van der Waals surface area contributed by atoms with Crippen molar-refractivity contribution < 1.29 is 10.4 Å². The van der Waals surface area contributed by atoms with E-state index in [0.717, 1.165) is 11.3 Å². The monoisotopic (exact) mass is 137 g/mol. The molecular formula is C8H11NO. The summed E-state index contributed by atoms with van der Waals surface area (Å²) in [4.78, 5) is 0. The number of nitrogens with two attached hydrogens (primary N) is 1. The molecule has 0 saturated carbocycles. The van der Waals surface area contributed by atoms with E-state index in [2.05, 4.69) is 7.05 Å². The largest absolute Gasteiger partial charge is 0.507 e. The Morgan fingerprint density at radius 1 is 1.50 bits per heavy atom. The molecule has 2 heteroatoms. The van der Waals surface area contributed by atoms with Crippen molar-refractivity contribution in [3.05, 3.63) is 30.8 Å². The maximum absolute atomic E-state index is 9.18. The second-order valence-electron chi connectivity index (χ2n) is 2.25. The average Bonchev–Trinajstić information content (AvgIpc) is 1.95. The van der Waals surface area contributed by atoms with E-state index < -0.39 is 0 Å². The number of hydrogen-bond acceptors (Lipinski definition) is 1. The third-order valence-corrected chi connectivity index (χ3v) is 1.47. The number of quaternary nitrogens is 1. The third-order valence-electron chi connectivity index (χ3n) is 1.47. The minimum atomic E-state index is 0.331. The summed E-state index contributed by atoms with van der Waals surface area (Å²) in [7, 11) is 3.59. The topological polar surface area (TPSA) is 36.8 Å². The van der Waals surface area contributed by atoms with Gasteiger partial charge in [-0.3, -0.25) is 0 Å². The Balaban J connectivity index is 3.04. The van der Waals surface area contributed by atoms with E-state index in [-0.39, 0.29) is 0 Å². The van der Waals surface area contributed by atoms with E-state index in [0.29, 0.717) is 5.75 Å². The van der Waals surface area contributed by atoms with Crippen molar-refractivity contribution in [3.63, 3.8) is 0 Å². The molecule has 0 saturated heterocycles. The molecule has 0 heterocycles. The van der Waals surface area contributed by atoms with Gasteiger partial charge in [-0.1, -0.05) is 0 Å². The normalized spacial score (nSPS) is 9.80. The molecule has 0 unspecified atom stereocenters. The van der Waals surface area contributed by atoms with Crippen LogP contribution < -0.4 is 5.32 Å². The van der Waals surface area contributed by atoms with Crippen molar-refractivity contribution in [3.8, 4) is 5.75 Å². The Labute approximate surface area is 60.5 Å². The quantitative estimate of drug-likeness (QED) is 0.433. The van der Waals surface area contributed by atoms with Gasteiger partial charge in [0.25, 0.3) is 0 Å². The Hall–Kier alpha value is -1.02. The summed E-state index contributed by atoms with van der Waals surface area (Å²) >= 11 is 0. The molecule has 2 nitrogen and oxygen atoms in total. The molecule has 0 radical (unpaired) electrons. The lowest BCUT2D eigenvalue weighted by molar-refractivity contribution is -0.504. The van der Waals surface area contributed by atoms with Crippen molar-refractivity contribution in [2.75, 3.05) is 0 Å². The second-order valence-corrected chi connectivity index (χ2v) is 2.25. The molecule has 1 aromatic carbocycles. The first-order valence-corrected chi connectivity index (χ1v) is 3.16. The lowest BCUT2D eigenvalue weighted by atomic mass is 10.2. The highest BCUT2D eigenvalue weighted by Crippen LogP contribution is 2.17. The fraction of sp³-hybridized carbons (Fsp3) is 0.125. The second kappa shape index (κ2) is 2.71. The molecule has 0 bridgehead atoms. The van der Waals surface area contributed by atoms with Crippen LogP contribution in [0.25, 0.3) is 0 Å². The molecule has 0 fully saturated rings. The summed E-state index contributed by atoms with van der Waals surface area (Å²) in [5, 5.41) is 10.9. The van der Waals surface area contributed by atoms with Gasteiger partial charge in [-0.15, -0.1) is 7.05 Å². The summed E-state index contributed by atoms with van der Waals surface area (Å²) in [6.07, 6.45) is 0. The molecule has 0 aliphatic carbocycles. The minimum Gasteiger partial charge on any atom is -0.507 e. The summed E-state index contributed by atoms with van der Waals surface area (Å²) in [5.74, 6) is 0.331. The first-order valence-electron chi connectivity index (χ1n) is 3.16. The van der Waals surface area contributed by atoms with Crippen LogP contribution in [0.15, 0.2) is 18.2 Å². The van der Waals surface area contributed by atoms with Gasteiger partial charge in [0.2, 0.25) is 0 Å². The standard InChI is InChI=1S/C8H11NO/c1-6-3-4-7(9-2)5-8(6)10/h3-5,10H,2,9H2,1H3. The Kier molecular flexibility index (Phi) is 1.92. The lowest BCUT2D eigenvalue weighted by Gasteiger charge is -2.01. The zero-order chi connectivity index (χ0) is 7.56. The van der Waals surface area contributed by atoms with Crippen molar-refractivity contribution >= 4 is 5.69 Å². The highest BCUT2D eigenvalue weighted by Gasteiger charge is 1.95. The number of phenols is 1. The molecule has 54 valence electrons. The number of aryl methyl sites for hydroxylation is 1. The van der Waals surface area contributed by atoms with E-state index in [9.17, 15) is 5.11 Å². The molecule has 0 spiro atoms. The van der Waals surface area contributed by atoms with E-state index >= 15 is 0 Å². The van der Waals surface area contributed by atoms with Crippen LogP contribution in [0.5, 0.6) is 5.75 Å². The van der Waals surface area contributed by atoms with E-state index in [1.54, 1.807) is 11.4 Å². The number of hydrogen-bond donors (Lipinski definition) is 2. The van der Waals surface area contributed by atoms with Gasteiger partial charge in [-0.05, 0) is 24.6 Å². The minimum absolute atomic E-state index is 0.331.